The highest BCUT2D eigenvalue weighted by Gasteiger charge is 2.31. The molecule has 0 aromatic heterocycles. The molecule has 154 valence electrons. The largest absolute Gasteiger partial charge is 0.341 e. The third-order valence-corrected chi connectivity index (χ3v) is 5.73. The van der Waals surface area contributed by atoms with Gasteiger partial charge in [0.25, 0.3) is 5.91 Å². The van der Waals surface area contributed by atoms with Crippen molar-refractivity contribution in [1.82, 2.24) is 10.2 Å². The van der Waals surface area contributed by atoms with E-state index in [9.17, 15) is 14.0 Å². The summed E-state index contributed by atoms with van der Waals surface area (Å²) in [5.41, 5.74) is 1.58. The molecule has 6 heteroatoms. The third-order valence-electron chi connectivity index (χ3n) is 5.47. The van der Waals surface area contributed by atoms with E-state index in [-0.39, 0.29) is 17.7 Å². The first kappa shape index (κ1) is 21.3. The van der Waals surface area contributed by atoms with Gasteiger partial charge < -0.3 is 10.2 Å². The molecule has 1 aliphatic heterocycles. The van der Waals surface area contributed by atoms with Gasteiger partial charge in [0.15, 0.2) is 0 Å². The Balaban J connectivity index is 1.61. The maximum absolute atomic E-state index is 13.1. The molecule has 2 amide bonds. The van der Waals surface area contributed by atoms with Crippen LogP contribution in [-0.4, -0.2) is 35.8 Å². The van der Waals surface area contributed by atoms with E-state index in [1.807, 2.05) is 43.0 Å². The zero-order chi connectivity index (χ0) is 21.0. The van der Waals surface area contributed by atoms with Gasteiger partial charge in [-0.15, -0.1) is 0 Å². The van der Waals surface area contributed by atoms with E-state index in [1.165, 1.54) is 29.8 Å². The van der Waals surface area contributed by atoms with Gasteiger partial charge in [-0.2, -0.15) is 0 Å². The van der Waals surface area contributed by atoms with Crippen LogP contribution < -0.4 is 5.32 Å². The number of hydrogen-bond acceptors (Lipinski definition) is 2. The summed E-state index contributed by atoms with van der Waals surface area (Å²) in [6, 6.07) is 12.6. The molecule has 0 bridgehead atoms. The van der Waals surface area contributed by atoms with Crippen LogP contribution in [0.25, 0.3) is 0 Å². The molecule has 0 spiro atoms. The predicted octanol–water partition coefficient (Wildman–Crippen LogP) is 4.64. The summed E-state index contributed by atoms with van der Waals surface area (Å²) in [5.74, 6) is -0.483. The van der Waals surface area contributed by atoms with E-state index in [1.54, 1.807) is 0 Å². The summed E-state index contributed by atoms with van der Waals surface area (Å²) < 4.78 is 13.1. The predicted molar refractivity (Wildman–Crippen MR) is 112 cm³/mol. The zero-order valence-electron chi connectivity index (χ0n) is 16.7. The lowest BCUT2D eigenvalue weighted by molar-refractivity contribution is -0.135. The Morgan fingerprint density at radius 1 is 1.03 bits per heavy atom. The molecule has 0 radical (unpaired) electrons. The normalized spacial score (nSPS) is 16.0. The smallest absolute Gasteiger partial charge is 0.251 e. The Bertz CT molecular complexity index is 844. The first-order valence-electron chi connectivity index (χ1n) is 9.96. The van der Waals surface area contributed by atoms with Crippen LogP contribution in [0.15, 0.2) is 48.5 Å². The molecule has 1 aliphatic rings. The van der Waals surface area contributed by atoms with Crippen molar-refractivity contribution in [3.8, 4) is 0 Å². The number of hydrogen-bond donors (Lipinski definition) is 1. The summed E-state index contributed by atoms with van der Waals surface area (Å²) >= 11 is 5.97. The lowest BCUT2D eigenvalue weighted by Gasteiger charge is -2.35. The maximum atomic E-state index is 13.1. The Morgan fingerprint density at radius 2 is 1.62 bits per heavy atom. The molecule has 0 saturated carbocycles. The number of rotatable bonds is 5. The molecule has 1 heterocycles. The fourth-order valence-electron chi connectivity index (χ4n) is 3.70. The summed E-state index contributed by atoms with van der Waals surface area (Å²) in [7, 11) is 0. The van der Waals surface area contributed by atoms with Gasteiger partial charge in [-0.3, -0.25) is 9.59 Å². The van der Waals surface area contributed by atoms with E-state index in [4.69, 9.17) is 11.6 Å². The fraction of sp³-hybridized carbons (Fsp3) is 0.391. The molecular weight excluding hydrogens is 391 g/mol. The van der Waals surface area contributed by atoms with Crippen LogP contribution in [0.1, 0.15) is 48.5 Å². The first-order chi connectivity index (χ1) is 13.8. The summed E-state index contributed by atoms with van der Waals surface area (Å²) in [4.78, 5) is 27.4. The number of carbonyl (C=O) groups excluding carboxylic acids is 2. The van der Waals surface area contributed by atoms with Crippen LogP contribution >= 0.6 is 11.6 Å². The lowest BCUT2D eigenvalue weighted by Crippen LogP contribution is -2.52. The summed E-state index contributed by atoms with van der Waals surface area (Å²) in [6.45, 7) is 5.13. The molecule has 0 aliphatic carbocycles. The Labute approximate surface area is 176 Å². The lowest BCUT2D eigenvalue weighted by atomic mass is 9.89. The van der Waals surface area contributed by atoms with E-state index in [0.29, 0.717) is 24.6 Å². The van der Waals surface area contributed by atoms with E-state index >= 15 is 0 Å². The fourth-order valence-corrected chi connectivity index (χ4v) is 3.83. The van der Waals surface area contributed by atoms with Crippen molar-refractivity contribution in [1.29, 1.82) is 0 Å². The minimum atomic E-state index is -0.611. The van der Waals surface area contributed by atoms with Crippen molar-refractivity contribution in [3.63, 3.8) is 0 Å². The molecule has 2 aromatic rings. The second kappa shape index (κ2) is 9.40. The number of piperidine rings is 1. The molecule has 1 fully saturated rings. The van der Waals surface area contributed by atoms with E-state index in [2.05, 4.69) is 5.32 Å². The second-order valence-corrected chi connectivity index (χ2v) is 8.29. The maximum Gasteiger partial charge on any atom is 0.251 e. The SMILES string of the molecule is CC(C)C(NC(=O)c1ccc(F)cc1)C(=O)N1CCC(c2ccc(Cl)cc2)CC1. The van der Waals surface area contributed by atoms with E-state index < -0.39 is 11.9 Å². The summed E-state index contributed by atoms with van der Waals surface area (Å²) in [6.07, 6.45) is 1.76. The van der Waals surface area contributed by atoms with Gasteiger partial charge in [0, 0.05) is 23.7 Å². The topological polar surface area (TPSA) is 49.4 Å². The third kappa shape index (κ3) is 5.36. The van der Waals surface area contributed by atoms with Crippen LogP contribution in [-0.2, 0) is 4.79 Å². The Morgan fingerprint density at radius 3 is 2.17 bits per heavy atom. The minimum absolute atomic E-state index is 0.0547. The highest BCUT2D eigenvalue weighted by molar-refractivity contribution is 6.30. The number of nitrogens with zero attached hydrogens (tertiary/aromatic N) is 1. The van der Waals surface area contributed by atoms with Crippen molar-refractivity contribution >= 4 is 23.4 Å². The van der Waals surface area contributed by atoms with Crippen molar-refractivity contribution in [2.75, 3.05) is 13.1 Å². The molecule has 1 unspecified atom stereocenters. The minimum Gasteiger partial charge on any atom is -0.341 e. The standard InChI is InChI=1S/C23H26ClFN2O2/c1-15(2)21(26-22(28)18-5-9-20(25)10-6-18)23(29)27-13-11-17(12-14-27)16-3-7-19(24)8-4-16/h3-10,15,17,21H,11-14H2,1-2H3,(H,26,28). The quantitative estimate of drug-likeness (QED) is 0.771. The van der Waals surface area contributed by atoms with Crippen LogP contribution in [0.2, 0.25) is 5.02 Å². The molecule has 3 rings (SSSR count). The molecule has 29 heavy (non-hydrogen) atoms. The molecule has 1 N–H and O–H groups in total. The first-order valence-corrected chi connectivity index (χ1v) is 10.3. The molecular formula is C23H26ClFN2O2. The van der Waals surface area contributed by atoms with Crippen LogP contribution in [0.4, 0.5) is 4.39 Å². The monoisotopic (exact) mass is 416 g/mol. The van der Waals surface area contributed by atoms with E-state index in [0.717, 1.165) is 17.9 Å². The zero-order valence-corrected chi connectivity index (χ0v) is 17.5. The number of carbonyl (C=O) groups is 2. The van der Waals surface area contributed by atoms with Gasteiger partial charge in [-0.05, 0) is 66.6 Å². The molecule has 4 nitrogen and oxygen atoms in total. The number of benzene rings is 2. The number of nitrogens with one attached hydrogen (secondary N) is 1. The molecule has 1 saturated heterocycles. The summed E-state index contributed by atoms with van der Waals surface area (Å²) in [5, 5.41) is 3.55. The number of likely N-dealkylation sites (tertiary alicyclic amines) is 1. The number of amides is 2. The van der Waals surface area contributed by atoms with Gasteiger partial charge in [0.2, 0.25) is 5.91 Å². The van der Waals surface area contributed by atoms with Crippen molar-refractivity contribution in [3.05, 3.63) is 70.5 Å². The van der Waals surface area contributed by atoms with Gasteiger partial charge >= 0.3 is 0 Å². The van der Waals surface area contributed by atoms with Crippen molar-refractivity contribution in [2.24, 2.45) is 5.92 Å². The highest BCUT2D eigenvalue weighted by atomic mass is 35.5. The average Bonchev–Trinajstić information content (AvgIpc) is 2.72. The molecule has 2 aromatic carbocycles. The Kier molecular flexibility index (Phi) is 6.91. The molecule has 1 atom stereocenters. The number of halogens is 2. The van der Waals surface area contributed by atoms with Crippen LogP contribution in [0.5, 0.6) is 0 Å². The van der Waals surface area contributed by atoms with Gasteiger partial charge in [0.05, 0.1) is 0 Å². The van der Waals surface area contributed by atoms with Gasteiger partial charge in [-0.1, -0.05) is 37.6 Å². The van der Waals surface area contributed by atoms with Gasteiger partial charge in [0.1, 0.15) is 11.9 Å². The van der Waals surface area contributed by atoms with Gasteiger partial charge in [-0.25, -0.2) is 4.39 Å². The van der Waals surface area contributed by atoms with Crippen LogP contribution in [0.3, 0.4) is 0 Å². The Hall–Kier alpha value is -2.40. The second-order valence-electron chi connectivity index (χ2n) is 7.85. The van der Waals surface area contributed by atoms with Crippen molar-refractivity contribution in [2.45, 2.75) is 38.6 Å². The average molecular weight is 417 g/mol. The van der Waals surface area contributed by atoms with Crippen molar-refractivity contribution < 1.29 is 14.0 Å². The van der Waals surface area contributed by atoms with Crippen LogP contribution in [0, 0.1) is 11.7 Å². The highest BCUT2D eigenvalue weighted by Crippen LogP contribution is 2.29.